The maximum absolute atomic E-state index is 14.2. The minimum Gasteiger partial charge on any atom is -0.444 e. The molecule has 3 amide bonds. The highest BCUT2D eigenvalue weighted by Crippen LogP contribution is 2.35. The number of anilines is 2. The predicted octanol–water partition coefficient (Wildman–Crippen LogP) is 8.75. The second-order valence-electron chi connectivity index (χ2n) is 13.1. The molecule has 9 heteroatoms. The molecule has 0 bridgehead atoms. The minimum atomic E-state index is -0.711. The zero-order chi connectivity index (χ0) is 36.4. The first-order valence-corrected chi connectivity index (χ1v) is 16.9. The van der Waals surface area contributed by atoms with E-state index in [1.807, 2.05) is 119 Å². The van der Waals surface area contributed by atoms with Gasteiger partial charge in [0.05, 0.1) is 6.04 Å². The van der Waals surface area contributed by atoms with E-state index in [2.05, 4.69) is 21.3 Å². The molecule has 51 heavy (non-hydrogen) atoms. The molecule has 0 saturated carbocycles. The molecule has 0 aliphatic heterocycles. The lowest BCUT2D eigenvalue weighted by atomic mass is 9.93. The number of para-hydroxylation sites is 1. The first kappa shape index (κ1) is 36.5. The van der Waals surface area contributed by atoms with E-state index in [1.54, 1.807) is 24.3 Å². The average molecular weight is 687 g/mol. The molecule has 0 spiro atoms. The number of amides is 3. The normalized spacial score (nSPS) is 11.7. The fourth-order valence-electron chi connectivity index (χ4n) is 5.52. The van der Waals surface area contributed by atoms with Crippen LogP contribution in [0.1, 0.15) is 55.6 Å². The second kappa shape index (κ2) is 16.7. The summed E-state index contributed by atoms with van der Waals surface area (Å²) in [6, 6.07) is 36.4. The quantitative estimate of drug-likeness (QED) is 0.105. The molecule has 4 N–H and O–H groups in total. The van der Waals surface area contributed by atoms with Crippen molar-refractivity contribution in [3.63, 3.8) is 0 Å². The minimum absolute atomic E-state index is 0.143. The van der Waals surface area contributed by atoms with Crippen molar-refractivity contribution in [2.75, 3.05) is 5.32 Å². The van der Waals surface area contributed by atoms with E-state index in [-0.39, 0.29) is 12.4 Å². The molecule has 0 radical (unpaired) electrons. The lowest BCUT2D eigenvalue weighted by molar-refractivity contribution is -0.122. The standard InChI is InChI=1S/C42H43FN4O4/c1-5-37(44-27-31-15-9-11-17-36(31)43)40(49)47-39(48)34-24-21-30(29-13-7-6-8-14-29)25-35(34)33-16-10-12-18-38(33)46-32-22-19-28(20-23-32)26-45-41(50)51-42(2,3)4/h6-25,37,44,46H,5,26-27H2,1-4H3,(H,45,50)(H,47,48,49). The lowest BCUT2D eigenvalue weighted by Gasteiger charge is -2.20. The third-order valence-corrected chi connectivity index (χ3v) is 8.12. The average Bonchev–Trinajstić information content (AvgIpc) is 3.12. The molecule has 0 aliphatic rings. The molecule has 0 saturated heterocycles. The summed E-state index contributed by atoms with van der Waals surface area (Å²) < 4.78 is 19.5. The largest absolute Gasteiger partial charge is 0.444 e. The van der Waals surface area contributed by atoms with Crippen molar-refractivity contribution in [3.05, 3.63) is 144 Å². The van der Waals surface area contributed by atoms with Crippen LogP contribution in [0.3, 0.4) is 0 Å². The van der Waals surface area contributed by atoms with Gasteiger partial charge in [0.2, 0.25) is 5.91 Å². The van der Waals surface area contributed by atoms with Gasteiger partial charge < -0.3 is 20.7 Å². The van der Waals surface area contributed by atoms with Gasteiger partial charge in [0.15, 0.2) is 0 Å². The number of carbonyl (C=O) groups is 3. The summed E-state index contributed by atoms with van der Waals surface area (Å²) in [6.45, 7) is 7.73. The second-order valence-corrected chi connectivity index (χ2v) is 13.1. The van der Waals surface area contributed by atoms with E-state index in [9.17, 15) is 18.8 Å². The van der Waals surface area contributed by atoms with Crippen LogP contribution in [0.4, 0.5) is 20.6 Å². The molecule has 0 aliphatic carbocycles. The Labute approximate surface area is 298 Å². The van der Waals surface area contributed by atoms with Gasteiger partial charge in [-0.3, -0.25) is 14.9 Å². The summed E-state index contributed by atoms with van der Waals surface area (Å²) in [5, 5.41) is 11.9. The summed E-state index contributed by atoms with van der Waals surface area (Å²) in [6.07, 6.45) is -0.0855. The van der Waals surface area contributed by atoms with Gasteiger partial charge in [0, 0.05) is 41.2 Å². The Kier molecular flexibility index (Phi) is 12.0. The van der Waals surface area contributed by atoms with Crippen molar-refractivity contribution in [1.29, 1.82) is 0 Å². The fraction of sp³-hybridized carbons (Fsp3) is 0.214. The van der Waals surface area contributed by atoms with E-state index in [0.29, 0.717) is 29.7 Å². The van der Waals surface area contributed by atoms with Gasteiger partial charge in [-0.25, -0.2) is 9.18 Å². The Balaban J connectivity index is 1.39. The highest BCUT2D eigenvalue weighted by Gasteiger charge is 2.23. The number of carbonyl (C=O) groups excluding carboxylic acids is 3. The fourth-order valence-corrected chi connectivity index (χ4v) is 5.52. The number of benzene rings is 5. The van der Waals surface area contributed by atoms with Crippen LogP contribution in [-0.4, -0.2) is 29.6 Å². The van der Waals surface area contributed by atoms with Crippen molar-refractivity contribution in [2.45, 2.75) is 58.8 Å². The summed E-state index contributed by atoms with van der Waals surface area (Å²) in [4.78, 5) is 39.3. The first-order chi connectivity index (χ1) is 24.5. The van der Waals surface area contributed by atoms with E-state index < -0.39 is 29.6 Å². The number of nitrogens with one attached hydrogen (secondary N) is 4. The maximum Gasteiger partial charge on any atom is 0.407 e. The van der Waals surface area contributed by atoms with Crippen molar-refractivity contribution >= 4 is 29.3 Å². The molecule has 5 rings (SSSR count). The molecular formula is C42H43FN4O4. The molecule has 262 valence electrons. The van der Waals surface area contributed by atoms with Crippen LogP contribution in [0.2, 0.25) is 0 Å². The number of alkyl carbamates (subject to hydrolysis) is 1. The van der Waals surface area contributed by atoms with Crippen LogP contribution in [0.5, 0.6) is 0 Å². The Morgan fingerprint density at radius 1 is 0.745 bits per heavy atom. The van der Waals surface area contributed by atoms with E-state index in [0.717, 1.165) is 33.6 Å². The van der Waals surface area contributed by atoms with Crippen molar-refractivity contribution in [1.82, 2.24) is 16.0 Å². The Hall–Kier alpha value is -5.80. The Morgan fingerprint density at radius 3 is 2.14 bits per heavy atom. The molecule has 1 atom stereocenters. The van der Waals surface area contributed by atoms with Crippen LogP contribution in [0.25, 0.3) is 22.3 Å². The SMILES string of the molecule is CCC(NCc1ccccc1F)C(=O)NC(=O)c1ccc(-c2ccccc2)cc1-c1ccccc1Nc1ccc(CNC(=O)OC(C)(C)C)cc1. The van der Waals surface area contributed by atoms with Gasteiger partial charge in [0.25, 0.3) is 5.91 Å². The zero-order valence-corrected chi connectivity index (χ0v) is 29.3. The predicted molar refractivity (Wildman–Crippen MR) is 200 cm³/mol. The molecule has 8 nitrogen and oxygen atoms in total. The number of hydrogen-bond donors (Lipinski definition) is 4. The van der Waals surface area contributed by atoms with Crippen molar-refractivity contribution < 1.29 is 23.5 Å². The van der Waals surface area contributed by atoms with Crippen molar-refractivity contribution in [2.24, 2.45) is 0 Å². The molecule has 0 heterocycles. The number of rotatable bonds is 12. The van der Waals surface area contributed by atoms with Crippen LogP contribution < -0.4 is 21.3 Å². The van der Waals surface area contributed by atoms with Gasteiger partial charge in [0.1, 0.15) is 11.4 Å². The molecule has 0 fully saturated rings. The molecule has 5 aromatic carbocycles. The Bertz CT molecular complexity index is 1970. The molecule has 0 aromatic heterocycles. The van der Waals surface area contributed by atoms with Gasteiger partial charge in [-0.05, 0) is 85.8 Å². The van der Waals surface area contributed by atoms with Gasteiger partial charge in [-0.1, -0.05) is 91.9 Å². The number of imide groups is 1. The lowest BCUT2D eigenvalue weighted by Crippen LogP contribution is -2.45. The van der Waals surface area contributed by atoms with E-state index in [4.69, 9.17) is 4.74 Å². The highest BCUT2D eigenvalue weighted by atomic mass is 19.1. The maximum atomic E-state index is 14.2. The summed E-state index contributed by atoms with van der Waals surface area (Å²) in [5.74, 6) is -1.40. The summed E-state index contributed by atoms with van der Waals surface area (Å²) in [5.41, 5.74) is 5.90. The molecular weight excluding hydrogens is 643 g/mol. The third kappa shape index (κ3) is 10.1. The number of ether oxygens (including phenoxy) is 1. The third-order valence-electron chi connectivity index (χ3n) is 8.12. The molecule has 5 aromatic rings. The van der Waals surface area contributed by atoms with Crippen molar-refractivity contribution in [3.8, 4) is 22.3 Å². The monoisotopic (exact) mass is 686 g/mol. The van der Waals surface area contributed by atoms with Crippen LogP contribution >= 0.6 is 0 Å². The Morgan fingerprint density at radius 2 is 1.43 bits per heavy atom. The van der Waals surface area contributed by atoms with E-state index in [1.165, 1.54) is 6.07 Å². The smallest absolute Gasteiger partial charge is 0.407 e. The first-order valence-electron chi connectivity index (χ1n) is 16.9. The zero-order valence-electron chi connectivity index (χ0n) is 29.3. The van der Waals surface area contributed by atoms with Gasteiger partial charge >= 0.3 is 6.09 Å². The summed E-state index contributed by atoms with van der Waals surface area (Å²) in [7, 11) is 0. The van der Waals surface area contributed by atoms with Crippen LogP contribution in [0.15, 0.2) is 121 Å². The van der Waals surface area contributed by atoms with Gasteiger partial charge in [-0.15, -0.1) is 0 Å². The van der Waals surface area contributed by atoms with E-state index >= 15 is 0 Å². The topological polar surface area (TPSA) is 109 Å². The van der Waals surface area contributed by atoms with Crippen LogP contribution in [-0.2, 0) is 22.6 Å². The highest BCUT2D eigenvalue weighted by molar-refractivity contribution is 6.10. The molecule has 1 unspecified atom stereocenters. The number of halogens is 1. The number of hydrogen-bond acceptors (Lipinski definition) is 6. The van der Waals surface area contributed by atoms with Crippen LogP contribution in [0, 0.1) is 5.82 Å². The van der Waals surface area contributed by atoms with Gasteiger partial charge in [-0.2, -0.15) is 0 Å². The summed E-state index contributed by atoms with van der Waals surface area (Å²) >= 11 is 0.